The van der Waals surface area contributed by atoms with Gasteiger partial charge in [-0.1, -0.05) is 106 Å². The van der Waals surface area contributed by atoms with Gasteiger partial charge in [-0.2, -0.15) is 5.10 Å². The van der Waals surface area contributed by atoms with E-state index in [0.29, 0.717) is 72.6 Å². The van der Waals surface area contributed by atoms with Gasteiger partial charge in [0.05, 0.1) is 72.3 Å². The summed E-state index contributed by atoms with van der Waals surface area (Å²) >= 11 is 0. The molecule has 0 spiro atoms. The minimum atomic E-state index is -2.42. The lowest BCUT2D eigenvalue weighted by Gasteiger charge is -2.44. The molecule has 438 valence electrons. The number of fused-ring (bicyclic) bond motifs is 1. The van der Waals surface area contributed by atoms with E-state index in [9.17, 15) is 0 Å². The van der Waals surface area contributed by atoms with Crippen LogP contribution in [0, 0.1) is 6.92 Å². The Morgan fingerprint density at radius 3 is 1.73 bits per heavy atom. The number of anilines is 1. The fourth-order valence-electron chi connectivity index (χ4n) is 8.30. The molecule has 0 saturated carbocycles. The summed E-state index contributed by atoms with van der Waals surface area (Å²) in [7, 11) is 5.65. The number of para-hydroxylation sites is 1. The number of aliphatic imine (C=N–C) groups is 1. The average molecular weight is 1110 g/mol. The molecule has 2 atom stereocenters. The van der Waals surface area contributed by atoms with Crippen LogP contribution in [0.25, 0.3) is 12.4 Å². The van der Waals surface area contributed by atoms with Gasteiger partial charge in [0.2, 0.25) is 0 Å². The molecule has 3 aliphatic heterocycles. The highest BCUT2D eigenvalue weighted by Gasteiger charge is 2.32. The van der Waals surface area contributed by atoms with Gasteiger partial charge in [0.1, 0.15) is 5.44 Å². The maximum atomic E-state index is 6.93. The molecule has 2 unspecified atom stereocenters. The van der Waals surface area contributed by atoms with Crippen LogP contribution < -0.4 is 37.5 Å². The van der Waals surface area contributed by atoms with Gasteiger partial charge < -0.3 is 60.0 Å². The number of nitrogens with one attached hydrogen (secondary N) is 3. The number of hydrogen-bond donors (Lipinski definition) is 5. The Morgan fingerprint density at radius 2 is 1.17 bits per heavy atom. The van der Waals surface area contributed by atoms with Gasteiger partial charge in [-0.3, -0.25) is 19.8 Å². The zero-order valence-electron chi connectivity index (χ0n) is 46.6. The maximum Gasteiger partial charge on any atom is 0.135 e. The molecule has 0 aromatic heterocycles. The molecule has 3 aliphatic rings. The number of rotatable bonds is 30. The van der Waals surface area contributed by atoms with Gasteiger partial charge in [-0.05, 0) is 67.0 Å². The first kappa shape index (κ1) is 69.3. The van der Waals surface area contributed by atoms with Crippen molar-refractivity contribution in [2.75, 3.05) is 165 Å². The van der Waals surface area contributed by atoms with Crippen molar-refractivity contribution in [1.29, 1.82) is 0 Å². The highest BCUT2D eigenvalue weighted by atomic mass is 32.3. The number of aryl methyl sites for hydroxylation is 1. The van der Waals surface area contributed by atoms with Crippen LogP contribution in [-0.2, 0) is 41.0 Å². The summed E-state index contributed by atoms with van der Waals surface area (Å²) in [6.07, 6.45) is 7.80. The minimum Gasteiger partial charge on any atom is -0.381 e. The molecular formula is C59H100N12O6S. The second kappa shape index (κ2) is 39.5. The van der Waals surface area contributed by atoms with Crippen LogP contribution in [0.15, 0.2) is 107 Å². The molecule has 9 N–H and O–H groups in total. The number of benzene rings is 4. The van der Waals surface area contributed by atoms with Gasteiger partial charge in [-0.25, -0.2) is 4.72 Å². The van der Waals surface area contributed by atoms with Crippen molar-refractivity contribution < 1.29 is 27.9 Å². The molecule has 78 heavy (non-hydrogen) atoms. The molecule has 18 nitrogen and oxygen atoms in total. The molecule has 0 aliphatic carbocycles. The van der Waals surface area contributed by atoms with Crippen LogP contribution in [0.2, 0.25) is 0 Å². The van der Waals surface area contributed by atoms with Gasteiger partial charge in [0.25, 0.3) is 0 Å². The quantitative estimate of drug-likeness (QED) is 0.0213. The molecule has 19 heteroatoms. The molecule has 0 amide bonds. The third-order valence-corrected chi connectivity index (χ3v) is 15.8. The number of likely N-dealkylation sites (N-methyl/N-ethyl adjacent to an activating group) is 2. The summed E-state index contributed by atoms with van der Waals surface area (Å²) < 4.78 is 45.0. The van der Waals surface area contributed by atoms with Crippen LogP contribution in [-0.4, -0.2) is 202 Å². The lowest BCUT2D eigenvalue weighted by Crippen LogP contribution is -2.45. The van der Waals surface area contributed by atoms with Gasteiger partial charge in [0, 0.05) is 133 Å². The predicted octanol–water partition coefficient (Wildman–Crippen LogP) is 6.56. The Hall–Kier alpha value is -4.81. The molecule has 3 heterocycles. The van der Waals surface area contributed by atoms with Crippen LogP contribution >= 0.6 is 10.7 Å². The van der Waals surface area contributed by atoms with Gasteiger partial charge in [-0.15, -0.1) is 0 Å². The second-order valence-electron chi connectivity index (χ2n) is 18.7. The Labute approximate surface area is 471 Å². The fourth-order valence-corrected chi connectivity index (χ4v) is 10.4. The van der Waals surface area contributed by atoms with Gasteiger partial charge >= 0.3 is 0 Å². The molecular weight excluding hydrogens is 1000 g/mol. The van der Waals surface area contributed by atoms with E-state index in [-0.39, 0.29) is 27.2 Å². The topological polar surface area (TPSA) is 202 Å². The molecule has 7 rings (SSSR count). The summed E-state index contributed by atoms with van der Waals surface area (Å²) in [5.74, 6) is 0. The zero-order chi connectivity index (χ0) is 52.1. The van der Waals surface area contributed by atoms with E-state index in [4.69, 9.17) is 33.0 Å². The number of hydrazone groups is 1. The SMILES string of the molecule is C.C.CN=Cc1ccccc1CNS(N/C=c1/cccc/c1=C\N(C)/N=C\c1ccccc1C)(OCCOCCOCCN1CCN(C)CC1)C(C)OCCOCCOCCN1CCN(C)CC1.N.N.c1ccc2c(c1)CN2. The number of nitrogens with zero attached hydrogens (tertiary/aromatic N) is 7. The van der Waals surface area contributed by atoms with E-state index < -0.39 is 16.1 Å². The van der Waals surface area contributed by atoms with E-state index in [1.807, 2.05) is 86.3 Å². The summed E-state index contributed by atoms with van der Waals surface area (Å²) in [5, 5.41) is 11.7. The van der Waals surface area contributed by atoms with Crippen LogP contribution in [0.1, 0.15) is 49.6 Å². The molecule has 2 fully saturated rings. The van der Waals surface area contributed by atoms with Crippen molar-refractivity contribution in [3.8, 4) is 0 Å². The standard InChI is InChI=1S/C50H79N9O6S.C7H7N.2CH4.2H3N/c1-44-13-7-8-14-46(44)40-52-57(6)43-50-18-12-11-17-49(50)42-54-66(53-41-48-16-10-9-15-47(48)39-51-3,65-38-36-63-34-32-61-30-28-59-25-21-56(5)22-26-59)45(2)64-37-35-62-33-31-60-29-27-58-23-19-55(4)20-24-58;1-2-4-7-6(3-1)5-8-7;;;;/h7-18,39-40,42-43,45,53-54H,19-38,41H2,1-6H3;1-4,8H,5H2;2*1H4;2*1H3/b49-42-,50-43+,51-39?,52-40-;;;;;. The first-order valence-electron chi connectivity index (χ1n) is 26.4. The van der Waals surface area contributed by atoms with Crippen molar-refractivity contribution in [3.05, 3.63) is 135 Å². The summed E-state index contributed by atoms with van der Waals surface area (Å²) in [5.41, 5.74) is 6.68. The predicted molar refractivity (Wildman–Crippen MR) is 328 cm³/mol. The van der Waals surface area contributed by atoms with E-state index >= 15 is 0 Å². The smallest absolute Gasteiger partial charge is 0.135 e. The van der Waals surface area contributed by atoms with E-state index in [0.717, 1.165) is 99.1 Å². The zero-order valence-corrected chi connectivity index (χ0v) is 47.4. The van der Waals surface area contributed by atoms with Crippen molar-refractivity contribution in [2.45, 2.75) is 47.2 Å². The number of ether oxygens (including phenoxy) is 5. The van der Waals surface area contributed by atoms with E-state index in [1.54, 1.807) is 7.05 Å². The van der Waals surface area contributed by atoms with Crippen LogP contribution in [0.4, 0.5) is 5.69 Å². The normalized spacial score (nSPS) is 16.9. The molecule has 4 aromatic carbocycles. The molecule has 4 aromatic rings. The lowest BCUT2D eigenvalue weighted by molar-refractivity contribution is 0.00311. The van der Waals surface area contributed by atoms with Crippen molar-refractivity contribution in [1.82, 2.24) is 46.4 Å². The number of hydrogen-bond acceptors (Lipinski definition) is 18. The summed E-state index contributed by atoms with van der Waals surface area (Å²) in [6, 6.07) is 33.0. The third kappa shape index (κ3) is 24.7. The largest absolute Gasteiger partial charge is 0.381 e. The summed E-state index contributed by atoms with van der Waals surface area (Å²) in [6.45, 7) is 21.3. The monoisotopic (exact) mass is 1100 g/mol. The third-order valence-electron chi connectivity index (χ3n) is 13.1. The first-order chi connectivity index (χ1) is 36.2. The molecule has 0 radical (unpaired) electrons. The van der Waals surface area contributed by atoms with Crippen molar-refractivity contribution in [2.24, 2.45) is 10.1 Å². The maximum absolute atomic E-state index is 6.93. The first-order valence-corrected chi connectivity index (χ1v) is 28.0. The summed E-state index contributed by atoms with van der Waals surface area (Å²) in [4.78, 5) is 14.0. The number of piperazine rings is 2. The van der Waals surface area contributed by atoms with E-state index in [2.05, 4.69) is 115 Å². The lowest BCUT2D eigenvalue weighted by atomic mass is 10.1. The Bertz CT molecular complexity index is 2370. The Kier molecular flexibility index (Phi) is 35.1. The van der Waals surface area contributed by atoms with Crippen LogP contribution in [0.3, 0.4) is 0 Å². The fraction of sp³-hybridized carbons (Fsp3) is 0.525. The van der Waals surface area contributed by atoms with E-state index in [1.165, 1.54) is 16.8 Å². The molecule has 0 bridgehead atoms. The minimum absolute atomic E-state index is 0. The van der Waals surface area contributed by atoms with Crippen molar-refractivity contribution >= 4 is 41.2 Å². The Morgan fingerprint density at radius 1 is 0.641 bits per heavy atom. The van der Waals surface area contributed by atoms with Crippen LogP contribution in [0.5, 0.6) is 0 Å². The van der Waals surface area contributed by atoms with Crippen molar-refractivity contribution in [3.63, 3.8) is 0 Å². The molecule has 2 saturated heterocycles. The Balaban J connectivity index is 0.00000157. The average Bonchev–Trinajstić information content (AvgIpc) is 3.41. The second-order valence-corrected chi connectivity index (χ2v) is 21.3. The highest BCUT2D eigenvalue weighted by Crippen LogP contribution is 2.47. The van der Waals surface area contributed by atoms with Gasteiger partial charge in [0.15, 0.2) is 0 Å². The highest BCUT2D eigenvalue weighted by molar-refractivity contribution is 8.27.